The topological polar surface area (TPSA) is 60.1 Å². The van der Waals surface area contributed by atoms with E-state index in [1.54, 1.807) is 41.2 Å². The summed E-state index contributed by atoms with van der Waals surface area (Å²) < 4.78 is 20.0. The normalized spacial score (nSPS) is 12.1. The van der Waals surface area contributed by atoms with Crippen LogP contribution in [0.15, 0.2) is 59.5 Å². The highest BCUT2D eigenvalue weighted by atomic mass is 19.1. The summed E-state index contributed by atoms with van der Waals surface area (Å²) in [6.07, 6.45) is 4.86. The highest BCUT2D eigenvalue weighted by Crippen LogP contribution is 2.21. The molecule has 1 amide bonds. The van der Waals surface area contributed by atoms with Gasteiger partial charge in [-0.3, -0.25) is 4.79 Å². The Bertz CT molecular complexity index is 763. The summed E-state index contributed by atoms with van der Waals surface area (Å²) in [4.78, 5) is 16.5. The molecule has 0 aliphatic carbocycles. The lowest BCUT2D eigenvalue weighted by atomic mass is 10.1. The van der Waals surface area contributed by atoms with E-state index in [9.17, 15) is 9.18 Å². The van der Waals surface area contributed by atoms with Crippen molar-refractivity contribution in [2.45, 2.75) is 6.04 Å². The van der Waals surface area contributed by atoms with Crippen molar-refractivity contribution in [1.29, 1.82) is 0 Å². The van der Waals surface area contributed by atoms with Gasteiger partial charge in [0.05, 0.1) is 6.26 Å². The van der Waals surface area contributed by atoms with Gasteiger partial charge in [-0.05, 0) is 29.8 Å². The van der Waals surface area contributed by atoms with E-state index in [1.165, 1.54) is 18.4 Å². The van der Waals surface area contributed by atoms with Gasteiger partial charge in [0.25, 0.3) is 5.91 Å². The standard InChI is InChI=1S/C16H14FN3O2/c1-20-9-8-18-15(20)14(11-4-6-12(17)7-5-11)19-16(21)13-3-2-10-22-13/h2-10,14H,1H3,(H,19,21). The van der Waals surface area contributed by atoms with E-state index in [-0.39, 0.29) is 17.5 Å². The average Bonchev–Trinajstić information content (AvgIpc) is 3.17. The maximum absolute atomic E-state index is 13.1. The minimum Gasteiger partial charge on any atom is -0.459 e. The number of hydrogen-bond donors (Lipinski definition) is 1. The van der Waals surface area contributed by atoms with Crippen LogP contribution in [-0.2, 0) is 7.05 Å². The largest absolute Gasteiger partial charge is 0.459 e. The van der Waals surface area contributed by atoms with Crippen LogP contribution in [-0.4, -0.2) is 15.5 Å². The van der Waals surface area contributed by atoms with Crippen molar-refractivity contribution in [2.24, 2.45) is 7.05 Å². The summed E-state index contributed by atoms with van der Waals surface area (Å²) in [6, 6.07) is 8.67. The molecule has 2 heterocycles. The Hall–Kier alpha value is -2.89. The Morgan fingerprint density at radius 1 is 1.32 bits per heavy atom. The van der Waals surface area contributed by atoms with Gasteiger partial charge in [0.15, 0.2) is 5.76 Å². The number of nitrogens with zero attached hydrogens (tertiary/aromatic N) is 2. The van der Waals surface area contributed by atoms with E-state index in [2.05, 4.69) is 10.3 Å². The van der Waals surface area contributed by atoms with Crippen LogP contribution < -0.4 is 5.32 Å². The number of furan rings is 1. The van der Waals surface area contributed by atoms with Crippen LogP contribution in [0.3, 0.4) is 0 Å². The number of hydrogen-bond acceptors (Lipinski definition) is 3. The van der Waals surface area contributed by atoms with E-state index >= 15 is 0 Å². The molecule has 1 atom stereocenters. The molecule has 6 heteroatoms. The second-order valence-electron chi connectivity index (χ2n) is 4.83. The van der Waals surface area contributed by atoms with Crippen molar-refractivity contribution >= 4 is 5.91 Å². The van der Waals surface area contributed by atoms with Crippen LogP contribution in [0.4, 0.5) is 4.39 Å². The molecule has 112 valence electrons. The van der Waals surface area contributed by atoms with Gasteiger partial charge < -0.3 is 14.3 Å². The van der Waals surface area contributed by atoms with Gasteiger partial charge in [-0.1, -0.05) is 12.1 Å². The predicted molar refractivity (Wildman–Crippen MR) is 77.6 cm³/mol. The fourth-order valence-corrected chi connectivity index (χ4v) is 2.22. The molecule has 0 fully saturated rings. The Morgan fingerprint density at radius 2 is 2.09 bits per heavy atom. The second-order valence-corrected chi connectivity index (χ2v) is 4.83. The van der Waals surface area contributed by atoms with Crippen molar-refractivity contribution in [3.8, 4) is 0 Å². The molecule has 0 saturated heterocycles. The number of aromatic nitrogens is 2. The summed E-state index contributed by atoms with van der Waals surface area (Å²) in [5, 5.41) is 2.86. The molecular weight excluding hydrogens is 285 g/mol. The van der Waals surface area contributed by atoms with Gasteiger partial charge in [-0.25, -0.2) is 9.37 Å². The zero-order valence-electron chi connectivity index (χ0n) is 11.9. The Balaban J connectivity index is 1.95. The van der Waals surface area contributed by atoms with E-state index in [1.807, 2.05) is 7.05 Å². The zero-order valence-corrected chi connectivity index (χ0v) is 11.9. The maximum Gasteiger partial charge on any atom is 0.287 e. The number of benzene rings is 1. The number of aryl methyl sites for hydroxylation is 1. The molecule has 1 N–H and O–H groups in total. The average molecular weight is 299 g/mol. The second kappa shape index (κ2) is 5.85. The molecule has 1 aromatic carbocycles. The van der Waals surface area contributed by atoms with Crippen molar-refractivity contribution in [2.75, 3.05) is 0 Å². The fourth-order valence-electron chi connectivity index (χ4n) is 2.22. The van der Waals surface area contributed by atoms with Gasteiger partial charge in [-0.2, -0.15) is 0 Å². The van der Waals surface area contributed by atoms with Gasteiger partial charge in [0.2, 0.25) is 0 Å². The third-order valence-electron chi connectivity index (χ3n) is 3.34. The Kier molecular flexibility index (Phi) is 3.74. The molecule has 1 unspecified atom stereocenters. The van der Waals surface area contributed by atoms with E-state index in [0.717, 1.165) is 5.56 Å². The van der Waals surface area contributed by atoms with Crippen molar-refractivity contribution in [3.63, 3.8) is 0 Å². The first kappa shape index (κ1) is 14.1. The molecule has 0 aliphatic heterocycles. The van der Waals surface area contributed by atoms with Crippen LogP contribution in [0, 0.1) is 5.82 Å². The first-order valence-corrected chi connectivity index (χ1v) is 6.72. The van der Waals surface area contributed by atoms with Crippen LogP contribution in [0.5, 0.6) is 0 Å². The summed E-state index contributed by atoms with van der Waals surface area (Å²) >= 11 is 0. The highest BCUT2D eigenvalue weighted by molar-refractivity contribution is 5.91. The van der Waals surface area contributed by atoms with Crippen molar-refractivity contribution in [3.05, 3.63) is 78.0 Å². The minimum absolute atomic E-state index is 0.210. The lowest BCUT2D eigenvalue weighted by Crippen LogP contribution is -2.30. The first-order chi connectivity index (χ1) is 10.6. The molecule has 3 aromatic rings. The lowest BCUT2D eigenvalue weighted by Gasteiger charge is -2.18. The fraction of sp³-hybridized carbons (Fsp3) is 0.125. The zero-order chi connectivity index (χ0) is 15.5. The number of rotatable bonds is 4. The van der Waals surface area contributed by atoms with Crippen molar-refractivity contribution < 1.29 is 13.6 Å². The maximum atomic E-state index is 13.1. The molecule has 2 aromatic heterocycles. The summed E-state index contributed by atoms with van der Waals surface area (Å²) in [7, 11) is 1.83. The molecule has 22 heavy (non-hydrogen) atoms. The predicted octanol–water partition coefficient (Wildman–Crippen LogP) is 2.67. The number of nitrogens with one attached hydrogen (secondary N) is 1. The van der Waals surface area contributed by atoms with Crippen LogP contribution >= 0.6 is 0 Å². The smallest absolute Gasteiger partial charge is 0.287 e. The third-order valence-corrected chi connectivity index (χ3v) is 3.34. The van der Waals surface area contributed by atoms with Gasteiger partial charge >= 0.3 is 0 Å². The SMILES string of the molecule is Cn1ccnc1C(NC(=O)c1ccco1)c1ccc(F)cc1. The van der Waals surface area contributed by atoms with Crippen molar-refractivity contribution in [1.82, 2.24) is 14.9 Å². The molecule has 0 radical (unpaired) electrons. The monoisotopic (exact) mass is 299 g/mol. The van der Waals surface area contributed by atoms with Gasteiger partial charge in [0.1, 0.15) is 17.7 Å². The lowest BCUT2D eigenvalue weighted by molar-refractivity contribution is 0.0913. The first-order valence-electron chi connectivity index (χ1n) is 6.72. The molecule has 0 spiro atoms. The molecule has 5 nitrogen and oxygen atoms in total. The Labute approximate surface area is 126 Å². The number of amides is 1. The van der Waals surface area contributed by atoms with Gasteiger partial charge in [0, 0.05) is 19.4 Å². The summed E-state index contributed by atoms with van der Waals surface area (Å²) in [5.41, 5.74) is 0.732. The Morgan fingerprint density at radius 3 is 2.68 bits per heavy atom. The van der Waals surface area contributed by atoms with E-state index in [0.29, 0.717) is 5.82 Å². The number of imidazole rings is 1. The number of carbonyl (C=O) groups excluding carboxylic acids is 1. The van der Waals surface area contributed by atoms with Gasteiger partial charge in [-0.15, -0.1) is 0 Å². The summed E-state index contributed by atoms with van der Waals surface area (Å²) in [5.74, 6) is 0.162. The molecule has 3 rings (SSSR count). The summed E-state index contributed by atoms with van der Waals surface area (Å²) in [6.45, 7) is 0. The number of halogens is 1. The van der Waals surface area contributed by atoms with E-state index in [4.69, 9.17) is 4.42 Å². The highest BCUT2D eigenvalue weighted by Gasteiger charge is 2.22. The minimum atomic E-state index is -0.502. The molecular formula is C16H14FN3O2. The third kappa shape index (κ3) is 2.76. The van der Waals surface area contributed by atoms with E-state index < -0.39 is 6.04 Å². The number of carbonyl (C=O) groups is 1. The van der Waals surface area contributed by atoms with Crippen LogP contribution in [0.1, 0.15) is 28.0 Å². The quantitative estimate of drug-likeness (QED) is 0.805. The molecule has 0 aliphatic rings. The van der Waals surface area contributed by atoms with Crippen LogP contribution in [0.2, 0.25) is 0 Å². The van der Waals surface area contributed by atoms with Crippen LogP contribution in [0.25, 0.3) is 0 Å². The molecule has 0 saturated carbocycles. The molecule has 0 bridgehead atoms.